The lowest BCUT2D eigenvalue weighted by Crippen LogP contribution is -2.17. The van der Waals surface area contributed by atoms with Gasteiger partial charge < -0.3 is 0 Å². The molecule has 4 heteroatoms. The zero-order chi connectivity index (χ0) is 8.43. The van der Waals surface area contributed by atoms with Crippen molar-refractivity contribution in [2.45, 2.75) is 6.92 Å². The van der Waals surface area contributed by atoms with E-state index in [-0.39, 0.29) is 5.56 Å². The SMILES string of the molecule is Cc1ccc(C#N)c(=O)n1Cl. The molecule has 11 heavy (non-hydrogen) atoms. The van der Waals surface area contributed by atoms with Crippen LogP contribution in [0.2, 0.25) is 0 Å². The van der Waals surface area contributed by atoms with Gasteiger partial charge in [0.2, 0.25) is 0 Å². The Morgan fingerprint density at radius 3 is 2.82 bits per heavy atom. The van der Waals surface area contributed by atoms with E-state index < -0.39 is 5.56 Å². The molecule has 0 atom stereocenters. The molecule has 56 valence electrons. The molecular weight excluding hydrogens is 164 g/mol. The van der Waals surface area contributed by atoms with Gasteiger partial charge in [0.05, 0.1) is 0 Å². The Kier molecular flexibility index (Phi) is 1.97. The van der Waals surface area contributed by atoms with Crippen molar-refractivity contribution in [3.05, 3.63) is 33.7 Å². The minimum Gasteiger partial charge on any atom is -0.267 e. The lowest BCUT2D eigenvalue weighted by Gasteiger charge is -1.97. The van der Waals surface area contributed by atoms with Crippen molar-refractivity contribution in [1.82, 2.24) is 4.09 Å². The molecule has 0 bridgehead atoms. The molecule has 0 aliphatic carbocycles. The van der Waals surface area contributed by atoms with Gasteiger partial charge in [-0.25, -0.2) is 4.09 Å². The first-order valence-corrected chi connectivity index (χ1v) is 3.29. The van der Waals surface area contributed by atoms with E-state index in [1.165, 1.54) is 6.07 Å². The molecule has 0 N–H and O–H groups in total. The van der Waals surface area contributed by atoms with Crippen LogP contribution in [0.4, 0.5) is 0 Å². The van der Waals surface area contributed by atoms with Crippen molar-refractivity contribution in [3.8, 4) is 6.07 Å². The zero-order valence-corrected chi connectivity index (χ0v) is 6.59. The minimum atomic E-state index is -0.464. The highest BCUT2D eigenvalue weighted by molar-refractivity contribution is 6.15. The van der Waals surface area contributed by atoms with E-state index in [9.17, 15) is 4.79 Å². The molecule has 0 radical (unpaired) electrons. The van der Waals surface area contributed by atoms with Gasteiger partial charge in [-0.1, -0.05) is 0 Å². The predicted molar refractivity (Wildman–Crippen MR) is 41.4 cm³/mol. The van der Waals surface area contributed by atoms with E-state index in [0.29, 0.717) is 5.69 Å². The molecule has 1 rings (SSSR count). The Bertz CT molecular complexity index is 375. The number of hydrogen-bond donors (Lipinski definition) is 0. The minimum absolute atomic E-state index is 0.0607. The summed E-state index contributed by atoms with van der Waals surface area (Å²) in [6, 6.07) is 4.82. The first-order chi connectivity index (χ1) is 5.16. The molecule has 0 amide bonds. The fraction of sp³-hybridized carbons (Fsp3) is 0.143. The van der Waals surface area contributed by atoms with E-state index in [2.05, 4.69) is 0 Å². The lowest BCUT2D eigenvalue weighted by molar-refractivity contribution is 1.04. The molecule has 0 fully saturated rings. The van der Waals surface area contributed by atoms with Crippen molar-refractivity contribution < 1.29 is 0 Å². The topological polar surface area (TPSA) is 45.8 Å². The summed E-state index contributed by atoms with van der Waals surface area (Å²) in [5.41, 5.74) is 0.218. The van der Waals surface area contributed by atoms with Gasteiger partial charge in [0.25, 0.3) is 5.56 Å². The van der Waals surface area contributed by atoms with Crippen molar-refractivity contribution in [3.63, 3.8) is 0 Å². The smallest absolute Gasteiger partial charge is 0.267 e. The second-order valence-electron chi connectivity index (χ2n) is 2.09. The first kappa shape index (κ1) is 7.83. The van der Waals surface area contributed by atoms with Crippen LogP contribution in [0.5, 0.6) is 0 Å². The maximum absolute atomic E-state index is 11.0. The maximum Gasteiger partial charge on any atom is 0.283 e. The maximum atomic E-state index is 11.0. The molecule has 1 aromatic rings. The van der Waals surface area contributed by atoms with Crippen LogP contribution in [0.3, 0.4) is 0 Å². The number of pyridine rings is 1. The van der Waals surface area contributed by atoms with Crippen molar-refractivity contribution in [1.29, 1.82) is 5.26 Å². The highest BCUT2D eigenvalue weighted by atomic mass is 35.5. The average molecular weight is 169 g/mol. The third-order valence-corrected chi connectivity index (χ3v) is 1.75. The van der Waals surface area contributed by atoms with E-state index in [1.54, 1.807) is 19.1 Å². The molecular formula is C7H5ClN2O. The third-order valence-electron chi connectivity index (χ3n) is 1.33. The molecule has 0 aliphatic heterocycles. The van der Waals surface area contributed by atoms with Gasteiger partial charge in [-0.15, -0.1) is 0 Å². The number of aryl methyl sites for hydroxylation is 1. The summed E-state index contributed by atoms with van der Waals surface area (Å²) in [6.07, 6.45) is 0. The van der Waals surface area contributed by atoms with Gasteiger partial charge in [-0.2, -0.15) is 5.26 Å². The Morgan fingerprint density at radius 2 is 2.27 bits per heavy atom. The quantitative estimate of drug-likeness (QED) is 0.581. The molecule has 3 nitrogen and oxygen atoms in total. The van der Waals surface area contributed by atoms with Crippen molar-refractivity contribution in [2.75, 3.05) is 0 Å². The number of nitriles is 1. The summed E-state index contributed by atoms with van der Waals surface area (Å²) in [5.74, 6) is 0. The van der Waals surface area contributed by atoms with Crippen molar-refractivity contribution >= 4 is 11.8 Å². The van der Waals surface area contributed by atoms with Gasteiger partial charge in [-0.3, -0.25) is 4.79 Å². The van der Waals surface area contributed by atoms with Crippen LogP contribution in [-0.2, 0) is 0 Å². The van der Waals surface area contributed by atoms with E-state index in [4.69, 9.17) is 17.0 Å². The highest BCUT2D eigenvalue weighted by Crippen LogP contribution is 1.97. The third kappa shape index (κ3) is 1.26. The summed E-state index contributed by atoms with van der Waals surface area (Å²) in [7, 11) is 0. The summed E-state index contributed by atoms with van der Waals surface area (Å²) >= 11 is 5.51. The van der Waals surface area contributed by atoms with Crippen LogP contribution in [0.1, 0.15) is 11.3 Å². The summed E-state index contributed by atoms with van der Waals surface area (Å²) in [6.45, 7) is 1.69. The van der Waals surface area contributed by atoms with Gasteiger partial charge in [-0.05, 0) is 19.1 Å². The zero-order valence-electron chi connectivity index (χ0n) is 5.84. The van der Waals surface area contributed by atoms with Crippen LogP contribution in [0.15, 0.2) is 16.9 Å². The lowest BCUT2D eigenvalue weighted by atomic mass is 10.3. The number of halogens is 1. The first-order valence-electron chi connectivity index (χ1n) is 2.95. The van der Waals surface area contributed by atoms with Crippen LogP contribution in [0, 0.1) is 18.3 Å². The number of rotatable bonds is 0. The normalized spacial score (nSPS) is 9.18. The van der Waals surface area contributed by atoms with Crippen molar-refractivity contribution in [2.24, 2.45) is 0 Å². The molecule has 0 saturated heterocycles. The van der Waals surface area contributed by atoms with Gasteiger partial charge in [0.15, 0.2) is 0 Å². The Labute approximate surface area is 68.6 Å². The second-order valence-corrected chi connectivity index (χ2v) is 2.42. The molecule has 0 aliphatic rings. The predicted octanol–water partition coefficient (Wildman–Crippen LogP) is 1.03. The van der Waals surface area contributed by atoms with Crippen LogP contribution >= 0.6 is 11.8 Å². The summed E-state index contributed by atoms with van der Waals surface area (Å²) in [5, 5.41) is 8.41. The van der Waals surface area contributed by atoms with Gasteiger partial charge in [0.1, 0.15) is 11.6 Å². The fourth-order valence-electron chi connectivity index (χ4n) is 0.692. The molecule has 0 spiro atoms. The Morgan fingerprint density at radius 1 is 1.64 bits per heavy atom. The average Bonchev–Trinajstić information content (AvgIpc) is 2.01. The van der Waals surface area contributed by atoms with Crippen LogP contribution in [-0.4, -0.2) is 4.09 Å². The van der Waals surface area contributed by atoms with Crippen LogP contribution in [0.25, 0.3) is 0 Å². The largest absolute Gasteiger partial charge is 0.283 e. The van der Waals surface area contributed by atoms with E-state index >= 15 is 0 Å². The summed E-state index contributed by atoms with van der Waals surface area (Å²) in [4.78, 5) is 11.0. The molecule has 0 saturated carbocycles. The van der Waals surface area contributed by atoms with Crippen LogP contribution < -0.4 is 5.56 Å². The standard InChI is InChI=1S/C7H5ClN2O/c1-5-2-3-6(4-9)7(11)10(5)8/h2-3H,1H3. The fourth-order valence-corrected chi connectivity index (χ4v) is 0.839. The van der Waals surface area contributed by atoms with E-state index in [1.807, 2.05) is 0 Å². The second kappa shape index (κ2) is 2.77. The molecule has 0 aromatic carbocycles. The number of nitrogens with zero attached hydrogens (tertiary/aromatic N) is 2. The highest BCUT2D eigenvalue weighted by Gasteiger charge is 2.01. The Hall–Kier alpha value is -1.27. The van der Waals surface area contributed by atoms with Gasteiger partial charge >= 0.3 is 0 Å². The summed E-state index contributed by atoms with van der Waals surface area (Å²) < 4.78 is 0.929. The van der Waals surface area contributed by atoms with Gasteiger partial charge in [0, 0.05) is 17.5 Å². The number of hydrogen-bond acceptors (Lipinski definition) is 2. The Balaban J connectivity index is 3.53. The molecule has 0 unspecified atom stereocenters. The van der Waals surface area contributed by atoms with E-state index in [0.717, 1.165) is 4.09 Å². The molecule has 1 aromatic heterocycles. The number of aromatic nitrogens is 1. The molecule has 1 heterocycles. The monoisotopic (exact) mass is 168 g/mol.